The van der Waals surface area contributed by atoms with E-state index >= 15 is 0 Å². The van der Waals surface area contributed by atoms with Gasteiger partial charge in [0.1, 0.15) is 0 Å². The molecule has 0 bridgehead atoms. The Hall–Kier alpha value is -0.520. The second kappa shape index (κ2) is 6.93. The summed E-state index contributed by atoms with van der Waals surface area (Å²) in [5.74, 6) is 2.75. The van der Waals surface area contributed by atoms with Crippen LogP contribution in [0.4, 0.5) is 0 Å². The topological polar surface area (TPSA) is 32.3 Å². The van der Waals surface area contributed by atoms with Crippen LogP contribution in [-0.2, 0) is 0 Å². The summed E-state index contributed by atoms with van der Waals surface area (Å²) in [6, 6.07) is 0.122. The van der Waals surface area contributed by atoms with Gasteiger partial charge in [0.2, 0.25) is 0 Å². The van der Waals surface area contributed by atoms with Crippen molar-refractivity contribution in [3.63, 3.8) is 0 Å². The molecule has 1 fully saturated rings. The van der Waals surface area contributed by atoms with Crippen LogP contribution in [0.3, 0.4) is 0 Å². The first-order valence-electron chi connectivity index (χ1n) is 6.62. The third kappa shape index (κ3) is 4.55. The molecule has 0 aromatic carbocycles. The fourth-order valence-electron chi connectivity index (χ4n) is 2.41. The van der Waals surface area contributed by atoms with Crippen molar-refractivity contribution in [2.45, 2.75) is 69.9 Å². The Morgan fingerprint density at radius 1 is 1.31 bits per heavy atom. The lowest BCUT2D eigenvalue weighted by atomic mass is 9.94. The molecule has 0 aromatic rings. The largest absolute Gasteiger partial charge is 0.389 e. The Bertz CT molecular complexity index is 223. The van der Waals surface area contributed by atoms with Gasteiger partial charge in [-0.2, -0.15) is 0 Å². The third-order valence-corrected chi connectivity index (χ3v) is 3.49. The summed E-state index contributed by atoms with van der Waals surface area (Å²) in [5.41, 5.74) is -0.515. The lowest BCUT2D eigenvalue weighted by Gasteiger charge is -2.28. The summed E-state index contributed by atoms with van der Waals surface area (Å²) in [4.78, 5) is 0. The highest BCUT2D eigenvalue weighted by Crippen LogP contribution is 2.26. The van der Waals surface area contributed by atoms with Gasteiger partial charge >= 0.3 is 0 Å². The molecule has 1 saturated carbocycles. The zero-order valence-corrected chi connectivity index (χ0v) is 10.5. The van der Waals surface area contributed by atoms with Crippen molar-refractivity contribution in [2.24, 2.45) is 0 Å². The van der Waals surface area contributed by atoms with Gasteiger partial charge in [0.05, 0.1) is 11.6 Å². The van der Waals surface area contributed by atoms with Crippen molar-refractivity contribution in [1.82, 2.24) is 5.32 Å². The number of nitrogens with one attached hydrogen (secondary N) is 1. The second-order valence-electron chi connectivity index (χ2n) is 5.03. The Balaban J connectivity index is 2.36. The first-order valence-corrected chi connectivity index (χ1v) is 6.62. The molecule has 1 rings (SSSR count). The maximum atomic E-state index is 10.4. The van der Waals surface area contributed by atoms with Crippen LogP contribution < -0.4 is 5.32 Å². The fourth-order valence-corrected chi connectivity index (χ4v) is 2.41. The number of terminal acetylenes is 1. The van der Waals surface area contributed by atoms with Crippen LogP contribution in [-0.4, -0.2) is 23.3 Å². The molecule has 2 heteroatoms. The smallest absolute Gasteiger partial charge is 0.0772 e. The molecule has 0 aromatic heterocycles. The van der Waals surface area contributed by atoms with Crippen LogP contribution in [0.25, 0.3) is 0 Å². The molecule has 0 amide bonds. The van der Waals surface area contributed by atoms with E-state index in [1.54, 1.807) is 0 Å². The molecule has 2 N–H and O–H groups in total. The van der Waals surface area contributed by atoms with Gasteiger partial charge in [0.25, 0.3) is 0 Å². The van der Waals surface area contributed by atoms with E-state index in [9.17, 15) is 5.11 Å². The van der Waals surface area contributed by atoms with Crippen LogP contribution in [0.1, 0.15) is 58.3 Å². The van der Waals surface area contributed by atoms with Gasteiger partial charge in [-0.1, -0.05) is 44.9 Å². The molecule has 16 heavy (non-hydrogen) atoms. The highest BCUT2D eigenvalue weighted by atomic mass is 16.3. The van der Waals surface area contributed by atoms with Crippen LogP contribution in [0.2, 0.25) is 0 Å². The molecule has 1 aliphatic carbocycles. The first-order chi connectivity index (χ1) is 7.70. The zero-order valence-electron chi connectivity index (χ0n) is 10.5. The maximum absolute atomic E-state index is 10.4. The Morgan fingerprint density at radius 2 is 1.94 bits per heavy atom. The summed E-state index contributed by atoms with van der Waals surface area (Å²) in [7, 11) is 0. The Labute approximate surface area is 99.8 Å². The van der Waals surface area contributed by atoms with Crippen molar-refractivity contribution >= 4 is 0 Å². The van der Waals surface area contributed by atoms with Gasteiger partial charge in [-0.3, -0.25) is 0 Å². The van der Waals surface area contributed by atoms with Crippen molar-refractivity contribution in [2.75, 3.05) is 6.54 Å². The maximum Gasteiger partial charge on any atom is 0.0772 e. The van der Waals surface area contributed by atoms with E-state index in [1.165, 1.54) is 12.8 Å². The fraction of sp³-hybridized carbons (Fsp3) is 0.857. The van der Waals surface area contributed by atoms with E-state index in [4.69, 9.17) is 6.42 Å². The van der Waals surface area contributed by atoms with E-state index in [-0.39, 0.29) is 6.04 Å². The summed E-state index contributed by atoms with van der Waals surface area (Å²) in [6.45, 7) is 2.79. The van der Waals surface area contributed by atoms with Crippen LogP contribution in [0.5, 0.6) is 0 Å². The monoisotopic (exact) mass is 223 g/mol. The van der Waals surface area contributed by atoms with Crippen molar-refractivity contribution in [1.29, 1.82) is 0 Å². The van der Waals surface area contributed by atoms with Gasteiger partial charge in [0.15, 0.2) is 0 Å². The average Bonchev–Trinajstić information content (AvgIpc) is 2.50. The minimum atomic E-state index is -0.515. The number of hydrogen-bond donors (Lipinski definition) is 2. The average molecular weight is 223 g/mol. The molecule has 1 aliphatic rings. The van der Waals surface area contributed by atoms with E-state index in [1.807, 2.05) is 0 Å². The van der Waals surface area contributed by atoms with Crippen LogP contribution >= 0.6 is 0 Å². The van der Waals surface area contributed by atoms with Crippen LogP contribution in [0, 0.1) is 12.3 Å². The van der Waals surface area contributed by atoms with Gasteiger partial charge in [-0.25, -0.2) is 0 Å². The van der Waals surface area contributed by atoms with Gasteiger partial charge in [-0.15, -0.1) is 6.42 Å². The van der Waals surface area contributed by atoms with Crippen molar-refractivity contribution in [3.8, 4) is 12.3 Å². The highest BCUT2D eigenvalue weighted by molar-refractivity contribution is 4.99. The molecular weight excluding hydrogens is 198 g/mol. The zero-order chi connectivity index (χ0) is 11.9. The second-order valence-corrected chi connectivity index (χ2v) is 5.03. The molecule has 0 spiro atoms. The van der Waals surface area contributed by atoms with Gasteiger partial charge in [0, 0.05) is 6.54 Å². The Morgan fingerprint density at radius 3 is 2.44 bits per heavy atom. The molecule has 0 heterocycles. The summed E-state index contributed by atoms with van der Waals surface area (Å²) < 4.78 is 0. The summed E-state index contributed by atoms with van der Waals surface area (Å²) in [6.07, 6.45) is 14.2. The molecule has 92 valence electrons. The van der Waals surface area contributed by atoms with E-state index < -0.39 is 5.60 Å². The van der Waals surface area contributed by atoms with E-state index in [0.29, 0.717) is 6.54 Å². The van der Waals surface area contributed by atoms with Crippen molar-refractivity contribution < 1.29 is 5.11 Å². The van der Waals surface area contributed by atoms with E-state index in [2.05, 4.69) is 18.2 Å². The third-order valence-electron chi connectivity index (χ3n) is 3.49. The van der Waals surface area contributed by atoms with Gasteiger partial charge < -0.3 is 10.4 Å². The quantitative estimate of drug-likeness (QED) is 0.554. The predicted octanol–water partition coefficient (Wildman–Crippen LogP) is 2.46. The first kappa shape index (κ1) is 13.5. The number of aliphatic hydroxyl groups is 1. The standard InChI is InChI=1S/C14H25NO/c1-3-9-13(4-2)15-12-14(16)10-7-5-6-8-11-14/h2,13,15-16H,3,5-12H2,1H3. The highest BCUT2D eigenvalue weighted by Gasteiger charge is 2.28. The molecule has 2 nitrogen and oxygen atoms in total. The lowest BCUT2D eigenvalue weighted by molar-refractivity contribution is 0.0239. The normalized spacial score (nSPS) is 22.1. The number of hydrogen-bond acceptors (Lipinski definition) is 2. The lowest BCUT2D eigenvalue weighted by Crippen LogP contribution is -2.43. The number of rotatable bonds is 5. The minimum Gasteiger partial charge on any atom is -0.389 e. The molecule has 0 aliphatic heterocycles. The SMILES string of the molecule is C#CC(CCC)NCC1(O)CCCCCC1. The summed E-state index contributed by atoms with van der Waals surface area (Å²) in [5, 5.41) is 13.8. The molecule has 1 unspecified atom stereocenters. The van der Waals surface area contributed by atoms with E-state index in [0.717, 1.165) is 38.5 Å². The minimum absolute atomic E-state index is 0.122. The van der Waals surface area contributed by atoms with Crippen molar-refractivity contribution in [3.05, 3.63) is 0 Å². The Kier molecular flexibility index (Phi) is 5.87. The predicted molar refractivity (Wildman–Crippen MR) is 68.2 cm³/mol. The van der Waals surface area contributed by atoms with Gasteiger partial charge in [-0.05, 0) is 19.3 Å². The molecule has 0 radical (unpaired) electrons. The molecule has 0 saturated heterocycles. The van der Waals surface area contributed by atoms with Crippen LogP contribution in [0.15, 0.2) is 0 Å². The molecule has 1 atom stereocenters. The molecular formula is C14H25NO. The summed E-state index contributed by atoms with van der Waals surface area (Å²) >= 11 is 0.